The summed E-state index contributed by atoms with van der Waals surface area (Å²) in [7, 11) is -3.94. The first-order chi connectivity index (χ1) is 12.6. The van der Waals surface area contributed by atoms with E-state index in [4.69, 9.17) is 23.1 Å². The van der Waals surface area contributed by atoms with Crippen molar-refractivity contribution in [3.05, 3.63) is 42.2 Å². The molecule has 0 N–H and O–H groups in total. The van der Waals surface area contributed by atoms with Crippen LogP contribution in [0.1, 0.15) is 33.3 Å². The van der Waals surface area contributed by atoms with Crippen molar-refractivity contribution in [2.45, 2.75) is 76.0 Å². The minimum atomic E-state index is -3.94. The number of ether oxygens (including phenoxy) is 4. The molecule has 1 aromatic carbocycles. The second-order valence-electron chi connectivity index (χ2n) is 7.21. The van der Waals surface area contributed by atoms with Gasteiger partial charge in [-0.3, -0.25) is 4.18 Å². The fraction of sp³-hybridized carbons (Fsp3) is 0.579. The highest BCUT2D eigenvalue weighted by Gasteiger charge is 2.57. The third-order valence-corrected chi connectivity index (χ3v) is 5.86. The molecule has 0 bridgehead atoms. The normalized spacial score (nSPS) is 31.1. The van der Waals surface area contributed by atoms with Crippen LogP contribution in [0, 0.1) is 6.92 Å². The van der Waals surface area contributed by atoms with Gasteiger partial charge in [0, 0.05) is 0 Å². The summed E-state index contributed by atoms with van der Waals surface area (Å²) in [5.74, 6) is -0.796. The fourth-order valence-corrected chi connectivity index (χ4v) is 4.31. The number of hydrogen-bond acceptors (Lipinski definition) is 7. The number of hydrogen-bond donors (Lipinski definition) is 0. The molecule has 2 heterocycles. The van der Waals surface area contributed by atoms with Gasteiger partial charge < -0.3 is 18.9 Å². The van der Waals surface area contributed by atoms with Crippen LogP contribution in [-0.4, -0.2) is 44.9 Å². The molecule has 150 valence electrons. The topological polar surface area (TPSA) is 80.3 Å². The second-order valence-corrected chi connectivity index (χ2v) is 8.78. The minimum Gasteiger partial charge on any atom is -0.493 e. The third kappa shape index (κ3) is 4.35. The monoisotopic (exact) mass is 398 g/mol. The van der Waals surface area contributed by atoms with Crippen molar-refractivity contribution >= 4 is 10.1 Å². The average molecular weight is 398 g/mol. The van der Waals surface area contributed by atoms with Crippen LogP contribution in [0.3, 0.4) is 0 Å². The third-order valence-electron chi connectivity index (χ3n) is 4.45. The second kappa shape index (κ2) is 7.52. The van der Waals surface area contributed by atoms with Crippen LogP contribution in [0.25, 0.3) is 0 Å². The highest BCUT2D eigenvalue weighted by Crippen LogP contribution is 2.40. The maximum Gasteiger partial charge on any atom is 0.297 e. The van der Waals surface area contributed by atoms with E-state index in [0.717, 1.165) is 5.56 Å². The van der Waals surface area contributed by atoms with E-state index in [-0.39, 0.29) is 4.90 Å². The molecule has 7 nitrogen and oxygen atoms in total. The summed E-state index contributed by atoms with van der Waals surface area (Å²) in [6, 6.07) is 6.48. The Balaban J connectivity index is 1.76. The molecule has 2 saturated heterocycles. The van der Waals surface area contributed by atoms with Crippen LogP contribution in [0.4, 0.5) is 0 Å². The van der Waals surface area contributed by atoms with Gasteiger partial charge in [0.15, 0.2) is 24.3 Å². The molecule has 27 heavy (non-hydrogen) atoms. The Hall–Kier alpha value is -1.45. The van der Waals surface area contributed by atoms with E-state index < -0.39 is 46.6 Å². The molecule has 0 saturated carbocycles. The van der Waals surface area contributed by atoms with Gasteiger partial charge in [-0.05, 0) is 46.8 Å². The predicted molar refractivity (Wildman–Crippen MR) is 97.3 cm³/mol. The van der Waals surface area contributed by atoms with Crippen molar-refractivity contribution in [3.8, 4) is 0 Å². The molecule has 5 atom stereocenters. The number of rotatable bonds is 6. The molecule has 0 radical (unpaired) electrons. The van der Waals surface area contributed by atoms with E-state index in [1.54, 1.807) is 39.0 Å². The molecule has 0 aliphatic carbocycles. The molecule has 0 unspecified atom stereocenters. The highest BCUT2D eigenvalue weighted by molar-refractivity contribution is 7.86. The van der Waals surface area contributed by atoms with Gasteiger partial charge in [-0.25, -0.2) is 0 Å². The SMILES string of the molecule is C/C=C/O[C@H]1[C@@H]2OC(C)(C)O[C@@H]2O[C@@H]1[C@@H](C)OS(=O)(=O)c1ccc(C)cc1. The van der Waals surface area contributed by atoms with Gasteiger partial charge in [0.2, 0.25) is 0 Å². The molecule has 2 aliphatic heterocycles. The first-order valence-electron chi connectivity index (χ1n) is 8.91. The van der Waals surface area contributed by atoms with Crippen molar-refractivity contribution in [2.75, 3.05) is 0 Å². The van der Waals surface area contributed by atoms with E-state index in [1.165, 1.54) is 18.4 Å². The highest BCUT2D eigenvalue weighted by atomic mass is 32.2. The van der Waals surface area contributed by atoms with Gasteiger partial charge in [0.1, 0.15) is 12.2 Å². The van der Waals surface area contributed by atoms with Gasteiger partial charge in [-0.15, -0.1) is 0 Å². The van der Waals surface area contributed by atoms with Crippen molar-refractivity contribution in [1.29, 1.82) is 0 Å². The Labute approximate surface area is 160 Å². The molecule has 2 aliphatic rings. The lowest BCUT2D eigenvalue weighted by molar-refractivity contribution is -0.223. The van der Waals surface area contributed by atoms with Gasteiger partial charge in [-0.2, -0.15) is 8.42 Å². The fourth-order valence-electron chi connectivity index (χ4n) is 3.22. The summed E-state index contributed by atoms with van der Waals surface area (Å²) in [5.41, 5.74) is 0.964. The molecule has 3 rings (SSSR count). The number of allylic oxidation sites excluding steroid dienone is 1. The molecule has 0 aromatic heterocycles. The van der Waals surface area contributed by atoms with E-state index in [1.807, 2.05) is 13.8 Å². The maximum atomic E-state index is 12.6. The lowest BCUT2D eigenvalue weighted by Crippen LogP contribution is -2.42. The first kappa shape index (κ1) is 20.3. The Kier molecular flexibility index (Phi) is 5.65. The Morgan fingerprint density at radius 2 is 1.85 bits per heavy atom. The molecular formula is C19H26O7S. The van der Waals surface area contributed by atoms with Crippen LogP contribution >= 0.6 is 0 Å². The average Bonchev–Trinajstić information content (AvgIpc) is 3.05. The van der Waals surface area contributed by atoms with Crippen LogP contribution in [0.15, 0.2) is 41.5 Å². The van der Waals surface area contributed by atoms with E-state index in [2.05, 4.69) is 0 Å². The van der Waals surface area contributed by atoms with E-state index >= 15 is 0 Å². The van der Waals surface area contributed by atoms with Gasteiger partial charge in [-0.1, -0.05) is 23.8 Å². The zero-order valence-electron chi connectivity index (χ0n) is 16.1. The lowest BCUT2D eigenvalue weighted by Gasteiger charge is -2.28. The number of fused-ring (bicyclic) bond motifs is 1. The van der Waals surface area contributed by atoms with Gasteiger partial charge in [0.25, 0.3) is 10.1 Å². The Morgan fingerprint density at radius 3 is 2.48 bits per heavy atom. The molecule has 2 fully saturated rings. The molecule has 0 spiro atoms. The molecule has 1 aromatic rings. The van der Waals surface area contributed by atoms with E-state index in [9.17, 15) is 8.42 Å². The van der Waals surface area contributed by atoms with E-state index in [0.29, 0.717) is 0 Å². The molecular weight excluding hydrogens is 372 g/mol. The standard InChI is InChI=1S/C19H26O7S/c1-6-11-22-16-15(23-18-17(16)24-19(4,5)25-18)13(3)26-27(20,21)14-9-7-12(2)8-10-14/h6-11,13,15-18H,1-5H3/b11-6+/t13-,15-,16-,17+,18+/m1/s1. The maximum absolute atomic E-state index is 12.6. The van der Waals surface area contributed by atoms with Crippen molar-refractivity contribution in [2.24, 2.45) is 0 Å². The summed E-state index contributed by atoms with van der Waals surface area (Å²) in [6.45, 7) is 8.92. The smallest absolute Gasteiger partial charge is 0.297 e. The zero-order chi connectivity index (χ0) is 19.8. The molecule has 0 amide bonds. The van der Waals surface area contributed by atoms with Crippen molar-refractivity contribution in [3.63, 3.8) is 0 Å². The summed E-state index contributed by atoms with van der Waals surface area (Å²) < 4.78 is 53.8. The Bertz CT molecular complexity index is 785. The van der Waals surface area contributed by atoms with Crippen LogP contribution in [0.2, 0.25) is 0 Å². The van der Waals surface area contributed by atoms with Crippen molar-refractivity contribution < 1.29 is 31.5 Å². The van der Waals surface area contributed by atoms with Gasteiger partial charge >= 0.3 is 0 Å². The summed E-state index contributed by atoms with van der Waals surface area (Å²) >= 11 is 0. The minimum absolute atomic E-state index is 0.0951. The lowest BCUT2D eigenvalue weighted by atomic mass is 10.1. The largest absolute Gasteiger partial charge is 0.493 e. The van der Waals surface area contributed by atoms with Gasteiger partial charge in [0.05, 0.1) is 11.2 Å². The number of aryl methyl sites for hydroxylation is 1. The van der Waals surface area contributed by atoms with Crippen LogP contribution in [0.5, 0.6) is 0 Å². The van der Waals surface area contributed by atoms with Crippen LogP contribution in [-0.2, 0) is 33.2 Å². The van der Waals surface area contributed by atoms with Crippen LogP contribution < -0.4 is 0 Å². The Morgan fingerprint density at radius 1 is 1.19 bits per heavy atom. The number of benzene rings is 1. The summed E-state index contributed by atoms with van der Waals surface area (Å²) in [4.78, 5) is 0.0951. The first-order valence-corrected chi connectivity index (χ1v) is 10.3. The van der Waals surface area contributed by atoms with Crippen molar-refractivity contribution in [1.82, 2.24) is 0 Å². The predicted octanol–water partition coefficient (Wildman–Crippen LogP) is 2.88. The summed E-state index contributed by atoms with van der Waals surface area (Å²) in [5, 5.41) is 0. The quantitative estimate of drug-likeness (QED) is 0.538. The molecule has 8 heteroatoms. The zero-order valence-corrected chi connectivity index (χ0v) is 16.9. The summed E-state index contributed by atoms with van der Waals surface area (Å²) in [6.07, 6.45) is 0.109.